The Hall–Kier alpha value is -0.570. The van der Waals surface area contributed by atoms with Crippen molar-refractivity contribution in [2.45, 2.75) is 51.5 Å². The maximum absolute atomic E-state index is 11.2. The summed E-state index contributed by atoms with van der Waals surface area (Å²) >= 11 is 0. The second-order valence-electron chi connectivity index (χ2n) is 4.05. The Labute approximate surface area is 86.6 Å². The molecule has 0 spiro atoms. The van der Waals surface area contributed by atoms with E-state index in [2.05, 4.69) is 10.6 Å². The van der Waals surface area contributed by atoms with E-state index in [1.165, 1.54) is 25.7 Å². The van der Waals surface area contributed by atoms with Crippen molar-refractivity contribution in [1.29, 1.82) is 0 Å². The van der Waals surface area contributed by atoms with E-state index in [1.807, 2.05) is 6.92 Å². The maximum atomic E-state index is 11.2. The highest BCUT2D eigenvalue weighted by molar-refractivity contribution is 5.75. The van der Waals surface area contributed by atoms with Crippen LogP contribution in [0.5, 0.6) is 0 Å². The average Bonchev–Trinajstić information content (AvgIpc) is 2.43. The molecule has 1 aliphatic heterocycles. The second-order valence-corrected chi connectivity index (χ2v) is 4.05. The third-order valence-corrected chi connectivity index (χ3v) is 2.69. The van der Waals surface area contributed by atoms with Crippen LogP contribution < -0.4 is 10.6 Å². The predicted octanol–water partition coefficient (Wildman–Crippen LogP) is 1.43. The molecule has 3 heteroatoms. The summed E-state index contributed by atoms with van der Waals surface area (Å²) in [7, 11) is 0. The summed E-state index contributed by atoms with van der Waals surface area (Å²) in [5, 5.41) is 6.44. The van der Waals surface area contributed by atoms with Gasteiger partial charge in [-0.2, -0.15) is 0 Å². The molecular weight excluding hydrogens is 176 g/mol. The zero-order valence-electron chi connectivity index (χ0n) is 9.14. The Balaban J connectivity index is 2.12. The number of carbonyl (C=O) groups excluding carboxylic acids is 1. The van der Waals surface area contributed by atoms with Crippen LogP contribution in [0, 0.1) is 0 Å². The van der Waals surface area contributed by atoms with E-state index in [1.54, 1.807) is 0 Å². The molecule has 1 aliphatic rings. The number of nitrogens with one attached hydrogen (secondary N) is 2. The van der Waals surface area contributed by atoms with Crippen molar-refractivity contribution >= 4 is 5.91 Å². The molecule has 0 bridgehead atoms. The smallest absolute Gasteiger partial charge is 0.220 e. The van der Waals surface area contributed by atoms with Crippen LogP contribution in [0.15, 0.2) is 0 Å². The van der Waals surface area contributed by atoms with Crippen LogP contribution in [0.1, 0.15) is 45.4 Å². The van der Waals surface area contributed by atoms with E-state index >= 15 is 0 Å². The average molecular weight is 198 g/mol. The normalized spacial score (nSPS) is 22.8. The summed E-state index contributed by atoms with van der Waals surface area (Å²) < 4.78 is 0. The van der Waals surface area contributed by atoms with Crippen LogP contribution in [0.4, 0.5) is 0 Å². The molecule has 0 aromatic heterocycles. The third-order valence-electron chi connectivity index (χ3n) is 2.69. The van der Waals surface area contributed by atoms with E-state index < -0.39 is 0 Å². The highest BCUT2D eigenvalue weighted by Crippen LogP contribution is 2.07. The Morgan fingerprint density at radius 2 is 2.29 bits per heavy atom. The second kappa shape index (κ2) is 6.82. The van der Waals surface area contributed by atoms with Crippen molar-refractivity contribution in [3.8, 4) is 0 Å². The van der Waals surface area contributed by atoms with Crippen molar-refractivity contribution in [2.24, 2.45) is 0 Å². The van der Waals surface area contributed by atoms with Crippen molar-refractivity contribution in [3.63, 3.8) is 0 Å². The molecule has 1 atom stereocenters. The third kappa shape index (κ3) is 4.61. The fourth-order valence-electron chi connectivity index (χ4n) is 1.83. The van der Waals surface area contributed by atoms with Gasteiger partial charge in [0.1, 0.15) is 0 Å². The van der Waals surface area contributed by atoms with Crippen LogP contribution in [0.2, 0.25) is 0 Å². The molecule has 1 rings (SSSR count). The van der Waals surface area contributed by atoms with Crippen molar-refractivity contribution in [2.75, 3.05) is 13.1 Å². The van der Waals surface area contributed by atoms with Gasteiger partial charge in [0.25, 0.3) is 0 Å². The molecule has 1 saturated heterocycles. The van der Waals surface area contributed by atoms with Crippen LogP contribution in [-0.4, -0.2) is 25.0 Å². The first-order valence-corrected chi connectivity index (χ1v) is 5.83. The Kier molecular flexibility index (Phi) is 5.60. The van der Waals surface area contributed by atoms with Crippen LogP contribution in [0.3, 0.4) is 0 Å². The van der Waals surface area contributed by atoms with E-state index in [9.17, 15) is 4.79 Å². The first kappa shape index (κ1) is 11.5. The molecule has 1 heterocycles. The van der Waals surface area contributed by atoms with Crippen LogP contribution >= 0.6 is 0 Å². The molecule has 14 heavy (non-hydrogen) atoms. The lowest BCUT2D eigenvalue weighted by Gasteiger charge is -2.16. The molecule has 0 radical (unpaired) electrons. The zero-order valence-corrected chi connectivity index (χ0v) is 9.14. The molecule has 0 saturated carbocycles. The maximum Gasteiger partial charge on any atom is 0.220 e. The summed E-state index contributed by atoms with van der Waals surface area (Å²) in [5.41, 5.74) is 0. The van der Waals surface area contributed by atoms with Gasteiger partial charge in [0.15, 0.2) is 0 Å². The molecule has 3 nitrogen and oxygen atoms in total. The van der Waals surface area contributed by atoms with Gasteiger partial charge in [-0.3, -0.25) is 4.79 Å². The molecule has 1 fully saturated rings. The fourth-order valence-corrected chi connectivity index (χ4v) is 1.83. The molecule has 82 valence electrons. The van der Waals surface area contributed by atoms with Crippen molar-refractivity contribution < 1.29 is 4.79 Å². The first-order chi connectivity index (χ1) is 6.83. The Bertz CT molecular complexity index is 163. The lowest BCUT2D eigenvalue weighted by atomic mass is 10.1. The number of carbonyl (C=O) groups is 1. The predicted molar refractivity (Wildman–Crippen MR) is 58.2 cm³/mol. The highest BCUT2D eigenvalue weighted by atomic mass is 16.1. The largest absolute Gasteiger partial charge is 0.355 e. The topological polar surface area (TPSA) is 41.1 Å². The van der Waals surface area contributed by atoms with Gasteiger partial charge in [-0.1, -0.05) is 19.8 Å². The van der Waals surface area contributed by atoms with Crippen molar-refractivity contribution in [3.05, 3.63) is 0 Å². The fraction of sp³-hybridized carbons (Fsp3) is 0.909. The lowest BCUT2D eigenvalue weighted by molar-refractivity contribution is -0.121. The number of rotatable bonds is 4. The van der Waals surface area contributed by atoms with Crippen LogP contribution in [-0.2, 0) is 4.79 Å². The van der Waals surface area contributed by atoms with Gasteiger partial charge in [0, 0.05) is 19.0 Å². The van der Waals surface area contributed by atoms with Gasteiger partial charge in [-0.15, -0.1) is 0 Å². The summed E-state index contributed by atoms with van der Waals surface area (Å²) in [4.78, 5) is 11.2. The van der Waals surface area contributed by atoms with Gasteiger partial charge in [-0.05, 0) is 25.8 Å². The van der Waals surface area contributed by atoms with Gasteiger partial charge in [-0.25, -0.2) is 0 Å². The number of hydrogen-bond acceptors (Lipinski definition) is 2. The van der Waals surface area contributed by atoms with E-state index in [-0.39, 0.29) is 5.91 Å². The standard InChI is InChI=1S/C11H22N2O/c1-2-6-11(14)13-9-10-7-4-3-5-8-12-10/h10,12H,2-9H2,1H3,(H,13,14). The highest BCUT2D eigenvalue weighted by Gasteiger charge is 2.11. The summed E-state index contributed by atoms with van der Waals surface area (Å²) in [5.74, 6) is 0.193. The summed E-state index contributed by atoms with van der Waals surface area (Å²) in [6, 6.07) is 0.498. The molecule has 0 aromatic rings. The molecule has 1 amide bonds. The van der Waals surface area contributed by atoms with E-state index in [4.69, 9.17) is 0 Å². The Morgan fingerprint density at radius 1 is 1.43 bits per heavy atom. The summed E-state index contributed by atoms with van der Waals surface area (Å²) in [6.07, 6.45) is 6.69. The minimum atomic E-state index is 0.193. The Morgan fingerprint density at radius 3 is 3.07 bits per heavy atom. The van der Waals surface area contributed by atoms with Gasteiger partial charge in [0.2, 0.25) is 5.91 Å². The van der Waals surface area contributed by atoms with E-state index in [0.717, 1.165) is 19.5 Å². The molecule has 1 unspecified atom stereocenters. The zero-order chi connectivity index (χ0) is 10.2. The monoisotopic (exact) mass is 198 g/mol. The number of hydrogen-bond donors (Lipinski definition) is 2. The lowest BCUT2D eigenvalue weighted by Crippen LogP contribution is -2.40. The minimum absolute atomic E-state index is 0.193. The van der Waals surface area contributed by atoms with Gasteiger partial charge >= 0.3 is 0 Å². The van der Waals surface area contributed by atoms with E-state index in [0.29, 0.717) is 12.5 Å². The molecule has 0 aromatic carbocycles. The SMILES string of the molecule is CCCC(=O)NCC1CCCCCN1. The van der Waals surface area contributed by atoms with Crippen LogP contribution in [0.25, 0.3) is 0 Å². The van der Waals surface area contributed by atoms with Gasteiger partial charge < -0.3 is 10.6 Å². The van der Waals surface area contributed by atoms with Crippen molar-refractivity contribution in [1.82, 2.24) is 10.6 Å². The molecular formula is C11H22N2O. The first-order valence-electron chi connectivity index (χ1n) is 5.83. The number of amides is 1. The molecule has 0 aliphatic carbocycles. The quantitative estimate of drug-likeness (QED) is 0.717. The summed E-state index contributed by atoms with van der Waals surface area (Å²) in [6.45, 7) is 3.94. The van der Waals surface area contributed by atoms with Gasteiger partial charge in [0.05, 0.1) is 0 Å². The minimum Gasteiger partial charge on any atom is -0.355 e. The molecule has 2 N–H and O–H groups in total.